The predicted octanol–water partition coefficient (Wildman–Crippen LogP) is 14.9. The van der Waals surface area contributed by atoms with E-state index in [-0.39, 0.29) is 5.75 Å². The first-order valence-electron chi connectivity index (χ1n) is 25.1. The van der Waals surface area contributed by atoms with Crippen molar-refractivity contribution in [2.24, 2.45) is 0 Å². The zero-order valence-corrected chi connectivity index (χ0v) is 39.9. The maximum Gasteiger partial charge on any atom is 0.203 e. The third-order valence-corrected chi connectivity index (χ3v) is 13.0. The van der Waals surface area contributed by atoms with E-state index in [2.05, 4.69) is 46.8 Å². The molecule has 0 aromatic heterocycles. The molecule has 0 unspecified atom stereocenters. The highest BCUT2D eigenvalue weighted by Gasteiger charge is 2.26. The van der Waals surface area contributed by atoms with Gasteiger partial charge in [-0.1, -0.05) is 194 Å². The van der Waals surface area contributed by atoms with Crippen molar-refractivity contribution in [2.75, 3.05) is 45.2 Å². The van der Waals surface area contributed by atoms with Gasteiger partial charge < -0.3 is 23.2 Å². The number of hydrogen-bond donors (Lipinski definition) is 0. The van der Waals surface area contributed by atoms with Gasteiger partial charge in [-0.15, -0.1) is 0 Å². The van der Waals surface area contributed by atoms with Crippen LogP contribution in [0.15, 0.2) is 12.1 Å². The first-order valence-corrected chi connectivity index (χ1v) is 26.7. The summed E-state index contributed by atoms with van der Waals surface area (Å²) in [7, 11) is -4.25. The lowest BCUT2D eigenvalue weighted by atomic mass is 10.1. The molecule has 0 aliphatic heterocycles. The SMILES string of the molecule is CCCCCCCCCCCCOc1cc(C[N+](CC)(CC)CCCS(=O)(=O)[O-])cc(OCCCCCCCCCCCC)c1OCCCCCCCCCCCC. The van der Waals surface area contributed by atoms with Gasteiger partial charge >= 0.3 is 0 Å². The molecule has 58 heavy (non-hydrogen) atoms. The van der Waals surface area contributed by atoms with Crippen LogP contribution in [0.5, 0.6) is 17.2 Å². The standard InChI is InChI=1S/C50H95NO6S/c1-6-11-14-17-20-23-26-29-32-35-40-55-48-44-47(46-51(9-4,10-5)39-38-43-58(52,53)54)45-49(56-41-36-33-30-27-24-21-18-15-12-7-2)50(48)57-42-37-34-31-28-25-22-19-16-13-8-3/h44-45H,6-43,46H2,1-5H3. The Kier molecular flexibility index (Phi) is 35.0. The van der Waals surface area contributed by atoms with E-state index in [0.29, 0.717) is 43.8 Å². The number of quaternary nitrogens is 1. The lowest BCUT2D eigenvalue weighted by molar-refractivity contribution is -0.937. The lowest BCUT2D eigenvalue weighted by Crippen LogP contribution is -2.48. The Bertz CT molecular complexity index is 1120. The third kappa shape index (κ3) is 29.7. The summed E-state index contributed by atoms with van der Waals surface area (Å²) in [4.78, 5) is 0. The van der Waals surface area contributed by atoms with Gasteiger partial charge in [-0.2, -0.15) is 0 Å². The van der Waals surface area contributed by atoms with E-state index in [1.165, 1.54) is 173 Å². The monoisotopic (exact) mass is 838 g/mol. The predicted molar refractivity (Wildman–Crippen MR) is 248 cm³/mol. The maximum absolute atomic E-state index is 11.5. The number of unbranched alkanes of at least 4 members (excludes halogenated alkanes) is 27. The van der Waals surface area contributed by atoms with Crippen molar-refractivity contribution in [1.29, 1.82) is 0 Å². The number of rotatable bonds is 44. The summed E-state index contributed by atoms with van der Waals surface area (Å²) in [6.45, 7) is 16.1. The summed E-state index contributed by atoms with van der Waals surface area (Å²) in [6, 6.07) is 4.31. The fourth-order valence-corrected chi connectivity index (χ4v) is 8.68. The molecule has 1 rings (SSSR count). The van der Waals surface area contributed by atoms with Crippen LogP contribution in [0.25, 0.3) is 0 Å². The minimum Gasteiger partial charge on any atom is -0.748 e. The Labute approximate surface area is 360 Å². The molecule has 0 saturated heterocycles. The van der Waals surface area contributed by atoms with Crippen molar-refractivity contribution in [3.05, 3.63) is 17.7 Å². The van der Waals surface area contributed by atoms with Gasteiger partial charge in [-0.3, -0.25) is 0 Å². The summed E-state index contributed by atoms with van der Waals surface area (Å²) < 4.78 is 55.0. The zero-order valence-electron chi connectivity index (χ0n) is 39.0. The number of nitrogens with zero attached hydrogens (tertiary/aromatic N) is 1. The van der Waals surface area contributed by atoms with Gasteiger partial charge in [0.05, 0.1) is 49.6 Å². The van der Waals surface area contributed by atoms with Crippen molar-refractivity contribution < 1.29 is 31.7 Å². The maximum atomic E-state index is 11.5. The molecule has 0 aliphatic carbocycles. The molecule has 0 saturated carbocycles. The van der Waals surface area contributed by atoms with Crippen LogP contribution in [0.3, 0.4) is 0 Å². The van der Waals surface area contributed by atoms with Gasteiger partial charge in [-0.05, 0) is 45.2 Å². The van der Waals surface area contributed by atoms with Crippen LogP contribution in [0.4, 0.5) is 0 Å². The highest BCUT2D eigenvalue weighted by Crippen LogP contribution is 2.40. The number of hydrogen-bond acceptors (Lipinski definition) is 6. The van der Waals surface area contributed by atoms with Gasteiger partial charge in [-0.25, -0.2) is 8.42 Å². The fourth-order valence-electron chi connectivity index (χ4n) is 8.19. The summed E-state index contributed by atoms with van der Waals surface area (Å²) in [5.74, 6) is 1.96. The Morgan fingerprint density at radius 3 is 1.07 bits per heavy atom. The number of benzene rings is 1. The fraction of sp³-hybridized carbons (Fsp3) is 0.880. The van der Waals surface area contributed by atoms with Crippen LogP contribution < -0.4 is 14.2 Å². The van der Waals surface area contributed by atoms with E-state index in [1.807, 2.05) is 0 Å². The molecule has 0 heterocycles. The molecule has 0 bridgehead atoms. The highest BCUT2D eigenvalue weighted by atomic mass is 32.2. The topological polar surface area (TPSA) is 84.9 Å². The molecule has 0 spiro atoms. The molecule has 0 aliphatic rings. The molecule has 0 N–H and O–H groups in total. The summed E-state index contributed by atoms with van der Waals surface area (Å²) in [5.41, 5.74) is 1.11. The second kappa shape index (κ2) is 37.3. The van der Waals surface area contributed by atoms with Gasteiger partial charge in [0.25, 0.3) is 0 Å². The molecule has 1 aromatic rings. The van der Waals surface area contributed by atoms with Crippen LogP contribution in [-0.2, 0) is 16.7 Å². The molecule has 0 atom stereocenters. The van der Waals surface area contributed by atoms with Crippen molar-refractivity contribution in [3.63, 3.8) is 0 Å². The van der Waals surface area contributed by atoms with Gasteiger partial charge in [0.2, 0.25) is 5.75 Å². The van der Waals surface area contributed by atoms with Crippen molar-refractivity contribution in [3.8, 4) is 17.2 Å². The minimum absolute atomic E-state index is 0.320. The van der Waals surface area contributed by atoms with Crippen LogP contribution in [-0.4, -0.2) is 62.7 Å². The Balaban J connectivity index is 3.07. The second-order valence-electron chi connectivity index (χ2n) is 17.5. The molecule has 0 fully saturated rings. The quantitative estimate of drug-likeness (QED) is 0.0370. The van der Waals surface area contributed by atoms with Gasteiger partial charge in [0.15, 0.2) is 11.5 Å². The Morgan fingerprint density at radius 2 is 0.759 bits per heavy atom. The first kappa shape index (κ1) is 54.5. The third-order valence-electron chi connectivity index (χ3n) is 12.2. The molecule has 0 amide bonds. The van der Waals surface area contributed by atoms with Gasteiger partial charge in [0.1, 0.15) is 6.54 Å². The Hall–Kier alpha value is -1.51. The largest absolute Gasteiger partial charge is 0.748 e. The second-order valence-corrected chi connectivity index (χ2v) is 19.0. The molecule has 8 heteroatoms. The molecular formula is C50H95NO6S. The van der Waals surface area contributed by atoms with Crippen molar-refractivity contribution in [2.45, 2.75) is 240 Å². The minimum atomic E-state index is -4.25. The van der Waals surface area contributed by atoms with Gasteiger partial charge in [0, 0.05) is 17.7 Å². The number of ether oxygens (including phenoxy) is 3. The van der Waals surface area contributed by atoms with E-state index < -0.39 is 10.1 Å². The van der Waals surface area contributed by atoms with Crippen LogP contribution in [0, 0.1) is 0 Å². The summed E-state index contributed by atoms with van der Waals surface area (Å²) >= 11 is 0. The molecule has 1 aromatic carbocycles. The van der Waals surface area contributed by atoms with Crippen molar-refractivity contribution in [1.82, 2.24) is 0 Å². The average Bonchev–Trinajstić information content (AvgIpc) is 3.20. The van der Waals surface area contributed by atoms with E-state index in [9.17, 15) is 13.0 Å². The highest BCUT2D eigenvalue weighted by molar-refractivity contribution is 7.85. The summed E-state index contributed by atoms with van der Waals surface area (Å²) in [5, 5.41) is 0. The van der Waals surface area contributed by atoms with E-state index in [1.54, 1.807) is 0 Å². The molecule has 7 nitrogen and oxygen atoms in total. The smallest absolute Gasteiger partial charge is 0.203 e. The lowest BCUT2D eigenvalue weighted by Gasteiger charge is -2.37. The molecule has 342 valence electrons. The van der Waals surface area contributed by atoms with Crippen LogP contribution in [0.1, 0.15) is 239 Å². The Morgan fingerprint density at radius 1 is 0.448 bits per heavy atom. The first-order chi connectivity index (χ1) is 28.2. The summed E-state index contributed by atoms with van der Waals surface area (Å²) in [6.07, 6.45) is 38.8. The normalized spacial score (nSPS) is 12.0. The van der Waals surface area contributed by atoms with Crippen LogP contribution in [0.2, 0.25) is 0 Å². The van der Waals surface area contributed by atoms with E-state index >= 15 is 0 Å². The van der Waals surface area contributed by atoms with E-state index in [4.69, 9.17) is 14.2 Å². The molecule has 0 radical (unpaired) electrons. The van der Waals surface area contributed by atoms with E-state index in [0.717, 1.165) is 55.2 Å². The van der Waals surface area contributed by atoms with Crippen LogP contribution >= 0.6 is 0 Å². The average molecular weight is 838 g/mol. The van der Waals surface area contributed by atoms with Crippen molar-refractivity contribution >= 4 is 10.1 Å². The molecular weight excluding hydrogens is 743 g/mol. The zero-order chi connectivity index (χ0) is 42.4.